The van der Waals surface area contributed by atoms with Gasteiger partial charge in [0.25, 0.3) is 0 Å². The van der Waals surface area contributed by atoms with E-state index in [1.54, 1.807) is 7.05 Å². The van der Waals surface area contributed by atoms with E-state index in [0.717, 1.165) is 21.8 Å². The zero-order valence-corrected chi connectivity index (χ0v) is 13.0. The lowest BCUT2D eigenvalue weighted by Crippen LogP contribution is -2.19. The predicted molar refractivity (Wildman–Crippen MR) is 86.6 cm³/mol. The minimum atomic E-state index is -0.0219. The summed E-state index contributed by atoms with van der Waals surface area (Å²) < 4.78 is 1.86. The van der Waals surface area contributed by atoms with Crippen molar-refractivity contribution in [1.82, 2.24) is 20.1 Å². The summed E-state index contributed by atoms with van der Waals surface area (Å²) in [5.41, 5.74) is 3.15. The highest BCUT2D eigenvalue weighted by molar-refractivity contribution is 7.09. The summed E-state index contributed by atoms with van der Waals surface area (Å²) in [5.74, 6) is -0.0219. The Morgan fingerprint density at radius 2 is 2.09 bits per heavy atom. The zero-order valence-electron chi connectivity index (χ0n) is 12.2. The second-order valence-corrected chi connectivity index (χ2v) is 5.82. The largest absolute Gasteiger partial charge is 0.359 e. The third-order valence-electron chi connectivity index (χ3n) is 3.25. The van der Waals surface area contributed by atoms with Gasteiger partial charge in [0.2, 0.25) is 5.91 Å². The van der Waals surface area contributed by atoms with Crippen molar-refractivity contribution in [2.24, 2.45) is 0 Å². The number of carbonyl (C=O) groups is 1. The lowest BCUT2D eigenvalue weighted by molar-refractivity contribution is -0.119. The number of thiazole rings is 1. The first kappa shape index (κ1) is 14.5. The number of hydrogen-bond acceptors (Lipinski definition) is 4. The number of likely N-dealkylation sites (N-methyl/N-ethyl adjacent to an activating group) is 1. The predicted octanol–water partition coefficient (Wildman–Crippen LogP) is 2.34. The minimum absolute atomic E-state index is 0.0219. The average molecular weight is 312 g/mol. The van der Waals surface area contributed by atoms with E-state index in [1.165, 1.54) is 11.3 Å². The molecule has 6 heteroatoms. The van der Waals surface area contributed by atoms with Gasteiger partial charge in [-0.2, -0.15) is 5.10 Å². The van der Waals surface area contributed by atoms with E-state index < -0.39 is 0 Å². The van der Waals surface area contributed by atoms with Crippen LogP contribution in [0.25, 0.3) is 11.1 Å². The maximum atomic E-state index is 11.3. The molecular weight excluding hydrogens is 296 g/mol. The molecule has 0 aliphatic heterocycles. The molecule has 112 valence electrons. The molecule has 0 spiro atoms. The van der Waals surface area contributed by atoms with Gasteiger partial charge in [-0.05, 0) is 5.56 Å². The van der Waals surface area contributed by atoms with Crippen LogP contribution in [0.5, 0.6) is 0 Å². The summed E-state index contributed by atoms with van der Waals surface area (Å²) in [5, 5.41) is 9.78. The standard InChI is InChI=1S/C16H16N4OS/c1-17-15(21)7-16-19-14(11-22-16)10-20-9-13(8-18-20)12-5-3-2-4-6-12/h2-6,8-9,11H,7,10H2,1H3,(H,17,21). The van der Waals surface area contributed by atoms with E-state index >= 15 is 0 Å². The Bertz CT molecular complexity index is 763. The van der Waals surface area contributed by atoms with E-state index in [0.29, 0.717) is 13.0 Å². The van der Waals surface area contributed by atoms with E-state index in [9.17, 15) is 4.79 Å². The molecular formula is C16H16N4OS. The van der Waals surface area contributed by atoms with Crippen LogP contribution >= 0.6 is 11.3 Å². The van der Waals surface area contributed by atoms with E-state index in [2.05, 4.69) is 27.5 Å². The SMILES string of the molecule is CNC(=O)Cc1nc(Cn2cc(-c3ccccc3)cn2)cs1. The molecule has 5 nitrogen and oxygen atoms in total. The fraction of sp³-hybridized carbons (Fsp3) is 0.188. The summed E-state index contributed by atoms with van der Waals surface area (Å²) in [6.45, 7) is 0.608. The monoisotopic (exact) mass is 312 g/mol. The first-order chi connectivity index (χ1) is 10.7. The fourth-order valence-corrected chi connectivity index (χ4v) is 2.91. The van der Waals surface area contributed by atoms with Gasteiger partial charge in [-0.25, -0.2) is 4.98 Å². The van der Waals surface area contributed by atoms with Gasteiger partial charge < -0.3 is 5.32 Å². The molecule has 0 saturated heterocycles. The lowest BCUT2D eigenvalue weighted by Gasteiger charge is -1.98. The van der Waals surface area contributed by atoms with Gasteiger partial charge in [0.1, 0.15) is 5.01 Å². The number of hydrogen-bond donors (Lipinski definition) is 1. The van der Waals surface area contributed by atoms with E-state index in [-0.39, 0.29) is 5.91 Å². The van der Waals surface area contributed by atoms with Crippen molar-refractivity contribution in [3.8, 4) is 11.1 Å². The Hall–Kier alpha value is -2.47. The second-order valence-electron chi connectivity index (χ2n) is 4.88. The molecule has 0 fully saturated rings. The van der Waals surface area contributed by atoms with Crippen LogP contribution < -0.4 is 5.32 Å². The summed E-state index contributed by atoms with van der Waals surface area (Å²) in [6.07, 6.45) is 4.19. The van der Waals surface area contributed by atoms with Crippen LogP contribution in [0.3, 0.4) is 0 Å². The molecule has 0 atom stereocenters. The van der Waals surface area contributed by atoms with Crippen molar-refractivity contribution >= 4 is 17.2 Å². The number of nitrogens with zero attached hydrogens (tertiary/aromatic N) is 3. The Labute approximate surface area is 132 Å². The summed E-state index contributed by atoms with van der Waals surface area (Å²) in [4.78, 5) is 15.8. The molecule has 3 rings (SSSR count). The molecule has 2 aromatic heterocycles. The molecule has 0 radical (unpaired) electrons. The van der Waals surface area contributed by atoms with E-state index in [1.807, 2.05) is 40.7 Å². The summed E-state index contributed by atoms with van der Waals surface area (Å²) >= 11 is 1.50. The van der Waals surface area contributed by atoms with Gasteiger partial charge in [0.15, 0.2) is 0 Å². The fourth-order valence-electron chi connectivity index (χ4n) is 2.12. The minimum Gasteiger partial charge on any atom is -0.359 e. The molecule has 0 aliphatic carbocycles. The number of rotatable bonds is 5. The molecule has 1 N–H and O–H groups in total. The van der Waals surface area contributed by atoms with Crippen LogP contribution in [0.1, 0.15) is 10.7 Å². The summed E-state index contributed by atoms with van der Waals surface area (Å²) in [7, 11) is 1.63. The first-order valence-electron chi connectivity index (χ1n) is 6.96. The molecule has 0 saturated carbocycles. The van der Waals surface area contributed by atoms with Gasteiger partial charge >= 0.3 is 0 Å². The van der Waals surface area contributed by atoms with Crippen LogP contribution in [0.4, 0.5) is 0 Å². The number of nitrogens with one attached hydrogen (secondary N) is 1. The molecule has 0 unspecified atom stereocenters. The second kappa shape index (κ2) is 6.53. The topological polar surface area (TPSA) is 59.8 Å². The maximum Gasteiger partial charge on any atom is 0.226 e. The highest BCUT2D eigenvalue weighted by atomic mass is 32.1. The molecule has 1 amide bonds. The first-order valence-corrected chi connectivity index (χ1v) is 7.84. The van der Waals surface area contributed by atoms with Crippen LogP contribution in [0, 0.1) is 0 Å². The Kier molecular flexibility index (Phi) is 4.29. The van der Waals surface area contributed by atoms with Gasteiger partial charge in [0.05, 0.1) is 24.9 Å². The Morgan fingerprint density at radius 1 is 1.27 bits per heavy atom. The van der Waals surface area contributed by atoms with Crippen molar-refractivity contribution in [3.63, 3.8) is 0 Å². The normalized spacial score (nSPS) is 10.6. The number of benzene rings is 1. The average Bonchev–Trinajstić information content (AvgIpc) is 3.18. The van der Waals surface area contributed by atoms with Crippen molar-refractivity contribution in [3.05, 3.63) is 58.8 Å². The molecule has 22 heavy (non-hydrogen) atoms. The summed E-state index contributed by atoms with van der Waals surface area (Å²) in [6, 6.07) is 10.1. The number of amides is 1. The van der Waals surface area contributed by atoms with Gasteiger partial charge in [0, 0.05) is 24.2 Å². The Morgan fingerprint density at radius 3 is 2.86 bits per heavy atom. The van der Waals surface area contributed by atoms with E-state index in [4.69, 9.17) is 0 Å². The number of carbonyl (C=O) groups excluding carboxylic acids is 1. The van der Waals surface area contributed by atoms with Gasteiger partial charge in [-0.3, -0.25) is 9.48 Å². The molecule has 0 bridgehead atoms. The molecule has 3 aromatic rings. The molecule has 0 aliphatic rings. The van der Waals surface area contributed by atoms with Gasteiger partial charge in [-0.1, -0.05) is 30.3 Å². The van der Waals surface area contributed by atoms with Gasteiger partial charge in [-0.15, -0.1) is 11.3 Å². The van der Waals surface area contributed by atoms with Crippen molar-refractivity contribution in [2.75, 3.05) is 7.05 Å². The maximum absolute atomic E-state index is 11.3. The van der Waals surface area contributed by atoms with Crippen LogP contribution in [0.15, 0.2) is 48.1 Å². The van der Waals surface area contributed by atoms with Crippen molar-refractivity contribution in [1.29, 1.82) is 0 Å². The third-order valence-corrected chi connectivity index (χ3v) is 4.15. The van der Waals surface area contributed by atoms with Crippen molar-refractivity contribution < 1.29 is 4.79 Å². The lowest BCUT2D eigenvalue weighted by atomic mass is 10.1. The Balaban J connectivity index is 1.69. The highest BCUT2D eigenvalue weighted by Gasteiger charge is 2.08. The third kappa shape index (κ3) is 3.40. The highest BCUT2D eigenvalue weighted by Crippen LogP contribution is 2.18. The van der Waals surface area contributed by atoms with Crippen LogP contribution in [0.2, 0.25) is 0 Å². The molecule has 2 heterocycles. The zero-order chi connectivity index (χ0) is 15.4. The molecule has 1 aromatic carbocycles. The smallest absolute Gasteiger partial charge is 0.226 e. The van der Waals surface area contributed by atoms with Crippen LogP contribution in [-0.4, -0.2) is 27.7 Å². The van der Waals surface area contributed by atoms with Crippen molar-refractivity contribution in [2.45, 2.75) is 13.0 Å². The quantitative estimate of drug-likeness (QED) is 0.786. The number of aromatic nitrogens is 3. The van der Waals surface area contributed by atoms with Crippen LogP contribution in [-0.2, 0) is 17.8 Å².